The maximum Gasteiger partial charge on any atom is 0.335 e. The van der Waals surface area contributed by atoms with E-state index in [4.69, 9.17) is 0 Å². The maximum atomic E-state index is 13.3. The van der Waals surface area contributed by atoms with Gasteiger partial charge in [-0.25, -0.2) is 4.79 Å². The second kappa shape index (κ2) is 9.06. The molecule has 4 rings (SSSR count). The molecule has 34 heavy (non-hydrogen) atoms. The molecule has 1 saturated heterocycles. The van der Waals surface area contributed by atoms with Gasteiger partial charge in [0.2, 0.25) is 5.91 Å². The highest BCUT2D eigenvalue weighted by atomic mass is 16.4. The molecule has 2 aromatic rings. The molecule has 2 aromatic carbocycles. The van der Waals surface area contributed by atoms with E-state index in [0.717, 1.165) is 49.4 Å². The quantitative estimate of drug-likeness (QED) is 0.685. The van der Waals surface area contributed by atoms with Crippen LogP contribution in [0.15, 0.2) is 42.5 Å². The van der Waals surface area contributed by atoms with Gasteiger partial charge in [0, 0.05) is 37.3 Å². The average Bonchev–Trinajstić information content (AvgIpc) is 2.77. The summed E-state index contributed by atoms with van der Waals surface area (Å²) in [5.74, 6) is -0.672. The molecule has 1 fully saturated rings. The van der Waals surface area contributed by atoms with Crippen LogP contribution in [0.1, 0.15) is 60.8 Å². The summed E-state index contributed by atoms with van der Waals surface area (Å²) in [5.41, 5.74) is 4.14. The zero-order valence-electron chi connectivity index (χ0n) is 21.0. The molecule has 2 aliphatic heterocycles. The molecule has 2 aliphatic rings. The van der Waals surface area contributed by atoms with Crippen LogP contribution in [-0.2, 0) is 17.6 Å². The zero-order valence-corrected chi connectivity index (χ0v) is 21.0. The lowest BCUT2D eigenvalue weighted by Gasteiger charge is -2.41. The molecular weight excluding hydrogens is 426 g/mol. The molecule has 2 heterocycles. The SMILES string of the molecule is CN1CCN(C(=O)C(C)(C)Cc2cccc(C3Nc4ccc(C(=O)O)cc4CC3(C)C)c2)CC1. The van der Waals surface area contributed by atoms with Crippen molar-refractivity contribution < 1.29 is 14.7 Å². The van der Waals surface area contributed by atoms with Gasteiger partial charge in [0.15, 0.2) is 0 Å². The third-order valence-corrected chi connectivity index (χ3v) is 7.38. The van der Waals surface area contributed by atoms with Crippen LogP contribution in [0.3, 0.4) is 0 Å². The van der Waals surface area contributed by atoms with E-state index in [9.17, 15) is 14.7 Å². The fourth-order valence-corrected chi connectivity index (χ4v) is 5.40. The Morgan fingerprint density at radius 1 is 1.09 bits per heavy atom. The number of hydrogen-bond acceptors (Lipinski definition) is 4. The van der Waals surface area contributed by atoms with Crippen molar-refractivity contribution in [3.05, 3.63) is 64.7 Å². The Morgan fingerprint density at radius 3 is 2.47 bits per heavy atom. The first-order valence-corrected chi connectivity index (χ1v) is 12.2. The van der Waals surface area contributed by atoms with E-state index in [2.05, 4.69) is 69.2 Å². The van der Waals surface area contributed by atoms with Crippen LogP contribution in [0, 0.1) is 10.8 Å². The molecule has 2 N–H and O–H groups in total. The lowest BCUT2D eigenvalue weighted by atomic mass is 9.72. The molecule has 0 bridgehead atoms. The summed E-state index contributed by atoms with van der Waals surface area (Å²) in [7, 11) is 2.10. The predicted molar refractivity (Wildman–Crippen MR) is 135 cm³/mol. The summed E-state index contributed by atoms with van der Waals surface area (Å²) >= 11 is 0. The van der Waals surface area contributed by atoms with E-state index in [1.165, 1.54) is 5.56 Å². The summed E-state index contributed by atoms with van der Waals surface area (Å²) in [6, 6.07) is 14.0. The third-order valence-electron chi connectivity index (χ3n) is 7.38. The largest absolute Gasteiger partial charge is 0.478 e. The maximum absolute atomic E-state index is 13.3. The number of aromatic carboxylic acids is 1. The monoisotopic (exact) mass is 463 g/mol. The van der Waals surface area contributed by atoms with Crippen LogP contribution in [0.25, 0.3) is 0 Å². The number of nitrogens with one attached hydrogen (secondary N) is 1. The van der Waals surface area contributed by atoms with Gasteiger partial charge in [0.05, 0.1) is 11.6 Å². The minimum atomic E-state index is -0.899. The Labute approximate surface area is 203 Å². The van der Waals surface area contributed by atoms with Gasteiger partial charge in [-0.05, 0) is 60.2 Å². The van der Waals surface area contributed by atoms with Crippen LogP contribution >= 0.6 is 0 Å². The molecule has 0 aromatic heterocycles. The standard InChI is InChI=1S/C28H37N3O3/c1-27(2)18-22-16-21(25(32)33)9-10-23(22)29-24(27)20-8-6-7-19(15-20)17-28(3,4)26(34)31-13-11-30(5)12-14-31/h6-10,15-16,24,29H,11-14,17-18H2,1-5H3,(H,32,33). The van der Waals surface area contributed by atoms with E-state index in [-0.39, 0.29) is 17.4 Å². The summed E-state index contributed by atoms with van der Waals surface area (Å²) in [6.45, 7) is 12.0. The van der Waals surface area contributed by atoms with Crippen LogP contribution < -0.4 is 5.32 Å². The first-order valence-electron chi connectivity index (χ1n) is 12.2. The fraction of sp³-hybridized carbons (Fsp3) is 0.500. The van der Waals surface area contributed by atoms with Gasteiger partial charge >= 0.3 is 5.97 Å². The topological polar surface area (TPSA) is 72.9 Å². The predicted octanol–water partition coefficient (Wildman–Crippen LogP) is 4.46. The number of piperazine rings is 1. The number of likely N-dealkylation sites (N-methyl/N-ethyl adjacent to an activating group) is 1. The number of carbonyl (C=O) groups is 2. The molecule has 1 unspecified atom stereocenters. The minimum absolute atomic E-state index is 0.0899. The summed E-state index contributed by atoms with van der Waals surface area (Å²) in [5, 5.41) is 13.0. The Kier molecular flexibility index (Phi) is 6.47. The Hall–Kier alpha value is -2.86. The van der Waals surface area contributed by atoms with E-state index in [1.54, 1.807) is 12.1 Å². The molecule has 1 atom stereocenters. The number of rotatable bonds is 5. The van der Waals surface area contributed by atoms with Gasteiger partial charge < -0.3 is 20.2 Å². The van der Waals surface area contributed by atoms with Crippen LogP contribution in [-0.4, -0.2) is 60.0 Å². The van der Waals surface area contributed by atoms with Gasteiger partial charge in [0.25, 0.3) is 0 Å². The van der Waals surface area contributed by atoms with Gasteiger partial charge in [-0.3, -0.25) is 4.79 Å². The smallest absolute Gasteiger partial charge is 0.335 e. The van der Waals surface area contributed by atoms with Gasteiger partial charge in [-0.1, -0.05) is 52.0 Å². The number of fused-ring (bicyclic) bond motifs is 1. The second-order valence-corrected chi connectivity index (χ2v) is 11.3. The molecule has 0 saturated carbocycles. The van der Waals surface area contributed by atoms with E-state index in [0.29, 0.717) is 12.0 Å². The van der Waals surface area contributed by atoms with Crippen LogP contribution in [0.4, 0.5) is 5.69 Å². The Morgan fingerprint density at radius 2 is 1.79 bits per heavy atom. The number of nitrogens with zero attached hydrogens (tertiary/aromatic N) is 2. The number of amides is 1. The van der Waals surface area contributed by atoms with Gasteiger partial charge in [0.1, 0.15) is 0 Å². The van der Waals surface area contributed by atoms with Crippen molar-refractivity contribution in [3.63, 3.8) is 0 Å². The summed E-state index contributed by atoms with van der Waals surface area (Å²) < 4.78 is 0. The zero-order chi connectivity index (χ0) is 24.7. The lowest BCUT2D eigenvalue weighted by Crippen LogP contribution is -2.51. The number of carbonyl (C=O) groups excluding carboxylic acids is 1. The molecular formula is C28H37N3O3. The van der Waals surface area contributed by atoms with Gasteiger partial charge in [-0.15, -0.1) is 0 Å². The molecule has 0 aliphatic carbocycles. The van der Waals surface area contributed by atoms with Crippen molar-refractivity contribution in [2.45, 2.75) is 46.6 Å². The normalized spacial score (nSPS) is 20.4. The third kappa shape index (κ3) is 4.97. The van der Waals surface area contributed by atoms with Crippen molar-refractivity contribution >= 4 is 17.6 Å². The van der Waals surface area contributed by atoms with Crippen molar-refractivity contribution in [1.82, 2.24) is 9.80 Å². The highest BCUT2D eigenvalue weighted by Gasteiger charge is 2.37. The minimum Gasteiger partial charge on any atom is -0.478 e. The van der Waals surface area contributed by atoms with Crippen LogP contribution in [0.5, 0.6) is 0 Å². The Balaban J connectivity index is 1.53. The molecule has 0 radical (unpaired) electrons. The lowest BCUT2D eigenvalue weighted by molar-refractivity contribution is -0.142. The van der Waals surface area contributed by atoms with Crippen molar-refractivity contribution in [3.8, 4) is 0 Å². The highest BCUT2D eigenvalue weighted by molar-refractivity contribution is 5.88. The van der Waals surface area contributed by atoms with Crippen molar-refractivity contribution in [2.75, 3.05) is 38.5 Å². The molecule has 182 valence electrons. The second-order valence-electron chi connectivity index (χ2n) is 11.3. The molecule has 0 spiro atoms. The van der Waals surface area contributed by atoms with E-state index in [1.807, 2.05) is 11.0 Å². The van der Waals surface area contributed by atoms with Crippen LogP contribution in [0.2, 0.25) is 0 Å². The summed E-state index contributed by atoms with van der Waals surface area (Å²) in [4.78, 5) is 29.0. The van der Waals surface area contributed by atoms with E-state index >= 15 is 0 Å². The molecule has 6 nitrogen and oxygen atoms in total. The number of carboxylic acid groups (broad SMARTS) is 1. The first-order chi connectivity index (χ1) is 16.0. The number of anilines is 1. The molecule has 6 heteroatoms. The van der Waals surface area contributed by atoms with Gasteiger partial charge in [-0.2, -0.15) is 0 Å². The first kappa shape index (κ1) is 24.3. The number of hydrogen-bond donors (Lipinski definition) is 2. The molecule has 1 amide bonds. The van der Waals surface area contributed by atoms with E-state index < -0.39 is 11.4 Å². The van der Waals surface area contributed by atoms with Crippen molar-refractivity contribution in [2.24, 2.45) is 10.8 Å². The Bertz CT molecular complexity index is 1080. The number of carboxylic acids is 1. The van der Waals surface area contributed by atoms with Crippen molar-refractivity contribution in [1.29, 1.82) is 0 Å². The number of benzene rings is 2. The average molecular weight is 464 g/mol. The summed E-state index contributed by atoms with van der Waals surface area (Å²) in [6.07, 6.45) is 1.48. The fourth-order valence-electron chi connectivity index (χ4n) is 5.40. The highest BCUT2D eigenvalue weighted by Crippen LogP contribution is 2.45.